The second-order valence-electron chi connectivity index (χ2n) is 4.13. The maximum atomic E-state index is 5.74. The molecule has 1 aromatic carbocycles. The summed E-state index contributed by atoms with van der Waals surface area (Å²) in [5.41, 5.74) is 7.87. The van der Waals surface area contributed by atoms with Gasteiger partial charge in [-0.25, -0.2) is 0 Å². The van der Waals surface area contributed by atoms with E-state index in [0.29, 0.717) is 6.10 Å². The number of nitrogens with two attached hydrogens (primary N) is 1. The van der Waals surface area contributed by atoms with Gasteiger partial charge in [0, 0.05) is 32.4 Å². The average Bonchev–Trinajstić information content (AvgIpc) is 2.65. The zero-order chi connectivity index (χ0) is 10.7. The molecule has 0 saturated carbocycles. The second kappa shape index (κ2) is 4.64. The number of hydrogen-bond donors (Lipinski definition) is 1. The van der Waals surface area contributed by atoms with Gasteiger partial charge in [-0.15, -0.1) is 0 Å². The Hall–Kier alpha value is -1.06. The van der Waals surface area contributed by atoms with Crippen LogP contribution in [0.3, 0.4) is 0 Å². The van der Waals surface area contributed by atoms with Gasteiger partial charge in [0.25, 0.3) is 0 Å². The van der Waals surface area contributed by atoms with E-state index in [-0.39, 0.29) is 0 Å². The molecule has 2 rings (SSSR count). The molecule has 1 heterocycles. The van der Waals surface area contributed by atoms with Crippen LogP contribution in [0.4, 0.5) is 5.69 Å². The Balaban J connectivity index is 1.92. The lowest BCUT2D eigenvalue weighted by atomic mass is 10.2. The first-order chi connectivity index (χ1) is 7.28. The maximum Gasteiger partial charge on any atom is 0.0710 e. The molecule has 0 amide bonds. The fourth-order valence-corrected chi connectivity index (χ4v) is 2.08. The van der Waals surface area contributed by atoms with Gasteiger partial charge in [0.15, 0.2) is 0 Å². The standard InChI is InChI=1S/C12H18N2O/c1-15-12-5-6-14(9-12)8-10-3-2-4-11(13)7-10/h2-4,7,12H,5-6,8-9,13H2,1H3/t12-/m0/s1. The topological polar surface area (TPSA) is 38.5 Å². The van der Waals surface area contributed by atoms with Crippen LogP contribution in [0.5, 0.6) is 0 Å². The number of nitrogen functional groups attached to an aromatic ring is 1. The van der Waals surface area contributed by atoms with E-state index in [4.69, 9.17) is 10.5 Å². The molecular weight excluding hydrogens is 188 g/mol. The van der Waals surface area contributed by atoms with Gasteiger partial charge in [0.2, 0.25) is 0 Å². The summed E-state index contributed by atoms with van der Waals surface area (Å²) in [7, 11) is 1.79. The van der Waals surface area contributed by atoms with Crippen LogP contribution in [0.15, 0.2) is 24.3 Å². The second-order valence-corrected chi connectivity index (χ2v) is 4.13. The highest BCUT2D eigenvalue weighted by Crippen LogP contribution is 2.16. The molecule has 0 aliphatic carbocycles. The summed E-state index contributed by atoms with van der Waals surface area (Å²) in [6, 6.07) is 8.09. The molecule has 1 aromatic rings. The number of likely N-dealkylation sites (tertiary alicyclic amines) is 1. The third-order valence-electron chi connectivity index (χ3n) is 2.92. The van der Waals surface area contributed by atoms with Crippen molar-refractivity contribution >= 4 is 5.69 Å². The molecule has 1 saturated heterocycles. The highest BCUT2D eigenvalue weighted by atomic mass is 16.5. The minimum atomic E-state index is 0.408. The van der Waals surface area contributed by atoms with Gasteiger partial charge < -0.3 is 10.5 Å². The van der Waals surface area contributed by atoms with Crippen molar-refractivity contribution < 1.29 is 4.74 Å². The zero-order valence-corrected chi connectivity index (χ0v) is 9.15. The monoisotopic (exact) mass is 206 g/mol. The first-order valence-electron chi connectivity index (χ1n) is 5.37. The largest absolute Gasteiger partial charge is 0.399 e. The Morgan fingerprint density at radius 3 is 3.07 bits per heavy atom. The van der Waals surface area contributed by atoms with Crippen LogP contribution >= 0.6 is 0 Å². The van der Waals surface area contributed by atoms with Crippen molar-refractivity contribution in [2.45, 2.75) is 19.1 Å². The minimum absolute atomic E-state index is 0.408. The van der Waals surface area contributed by atoms with Crippen LogP contribution in [0.1, 0.15) is 12.0 Å². The molecule has 1 fully saturated rings. The smallest absolute Gasteiger partial charge is 0.0710 e. The number of anilines is 1. The summed E-state index contributed by atoms with van der Waals surface area (Å²) in [6.07, 6.45) is 1.55. The van der Waals surface area contributed by atoms with Crippen molar-refractivity contribution in [1.29, 1.82) is 0 Å². The molecule has 0 radical (unpaired) electrons. The Kier molecular flexibility index (Phi) is 3.23. The average molecular weight is 206 g/mol. The van der Waals surface area contributed by atoms with Gasteiger partial charge in [-0.3, -0.25) is 4.90 Å². The fourth-order valence-electron chi connectivity index (χ4n) is 2.08. The van der Waals surface area contributed by atoms with E-state index in [9.17, 15) is 0 Å². The molecule has 82 valence electrons. The van der Waals surface area contributed by atoms with Crippen molar-refractivity contribution in [1.82, 2.24) is 4.90 Å². The van der Waals surface area contributed by atoms with Gasteiger partial charge >= 0.3 is 0 Å². The maximum absolute atomic E-state index is 5.74. The van der Waals surface area contributed by atoms with Crippen LogP contribution in [0.2, 0.25) is 0 Å². The Bertz CT molecular complexity index is 327. The van der Waals surface area contributed by atoms with Crippen LogP contribution < -0.4 is 5.73 Å². The summed E-state index contributed by atoms with van der Waals surface area (Å²) in [5, 5.41) is 0. The molecule has 3 nitrogen and oxygen atoms in total. The van der Waals surface area contributed by atoms with Gasteiger partial charge in [0.05, 0.1) is 6.10 Å². The zero-order valence-electron chi connectivity index (χ0n) is 9.15. The van der Waals surface area contributed by atoms with E-state index < -0.39 is 0 Å². The van der Waals surface area contributed by atoms with Crippen molar-refractivity contribution in [2.75, 3.05) is 25.9 Å². The molecule has 0 bridgehead atoms. The lowest BCUT2D eigenvalue weighted by Crippen LogP contribution is -2.22. The molecule has 2 N–H and O–H groups in total. The van der Waals surface area contributed by atoms with E-state index in [1.807, 2.05) is 18.2 Å². The molecule has 1 aliphatic heterocycles. The molecular formula is C12H18N2O. The summed E-state index contributed by atoms with van der Waals surface area (Å²) in [5.74, 6) is 0. The summed E-state index contributed by atoms with van der Waals surface area (Å²) in [4.78, 5) is 2.41. The van der Waals surface area contributed by atoms with E-state index in [0.717, 1.165) is 31.7 Å². The van der Waals surface area contributed by atoms with E-state index in [1.54, 1.807) is 7.11 Å². The lowest BCUT2D eigenvalue weighted by Gasteiger charge is -2.15. The molecule has 1 atom stereocenters. The highest BCUT2D eigenvalue weighted by molar-refractivity contribution is 5.40. The number of methoxy groups -OCH3 is 1. The van der Waals surface area contributed by atoms with E-state index in [1.165, 1.54) is 5.56 Å². The SMILES string of the molecule is CO[C@H]1CCN(Cc2cccc(N)c2)C1. The van der Waals surface area contributed by atoms with Gasteiger partial charge in [0.1, 0.15) is 0 Å². The highest BCUT2D eigenvalue weighted by Gasteiger charge is 2.21. The third-order valence-corrected chi connectivity index (χ3v) is 2.92. The summed E-state index contributed by atoms with van der Waals surface area (Å²) >= 11 is 0. The van der Waals surface area contributed by atoms with Crippen molar-refractivity contribution in [2.24, 2.45) is 0 Å². The van der Waals surface area contributed by atoms with Gasteiger partial charge in [-0.2, -0.15) is 0 Å². The van der Waals surface area contributed by atoms with Crippen LogP contribution in [0, 0.1) is 0 Å². The number of benzene rings is 1. The van der Waals surface area contributed by atoms with Crippen LogP contribution in [-0.2, 0) is 11.3 Å². The lowest BCUT2D eigenvalue weighted by molar-refractivity contribution is 0.107. The number of hydrogen-bond acceptors (Lipinski definition) is 3. The van der Waals surface area contributed by atoms with Crippen LogP contribution in [-0.4, -0.2) is 31.2 Å². The minimum Gasteiger partial charge on any atom is -0.399 e. The summed E-state index contributed by atoms with van der Waals surface area (Å²) in [6.45, 7) is 3.13. The predicted octanol–water partition coefficient (Wildman–Crippen LogP) is 1.49. The fraction of sp³-hybridized carbons (Fsp3) is 0.500. The Morgan fingerprint density at radius 2 is 2.40 bits per heavy atom. The van der Waals surface area contributed by atoms with E-state index >= 15 is 0 Å². The molecule has 0 spiro atoms. The number of ether oxygens (including phenoxy) is 1. The summed E-state index contributed by atoms with van der Waals surface area (Å²) < 4.78 is 5.34. The van der Waals surface area contributed by atoms with Crippen molar-refractivity contribution in [3.63, 3.8) is 0 Å². The molecule has 0 aromatic heterocycles. The van der Waals surface area contributed by atoms with E-state index in [2.05, 4.69) is 11.0 Å². The first kappa shape index (κ1) is 10.5. The predicted molar refractivity (Wildman–Crippen MR) is 61.5 cm³/mol. The third kappa shape index (κ3) is 2.70. The number of nitrogens with zero attached hydrogens (tertiary/aromatic N) is 1. The Labute approximate surface area is 90.8 Å². The van der Waals surface area contributed by atoms with Crippen LogP contribution in [0.25, 0.3) is 0 Å². The molecule has 1 aliphatic rings. The van der Waals surface area contributed by atoms with Gasteiger partial charge in [-0.05, 0) is 24.1 Å². The quantitative estimate of drug-likeness (QED) is 0.761. The Morgan fingerprint density at radius 1 is 1.53 bits per heavy atom. The molecule has 3 heteroatoms. The first-order valence-corrected chi connectivity index (χ1v) is 5.37. The van der Waals surface area contributed by atoms with Crippen molar-refractivity contribution in [3.8, 4) is 0 Å². The normalized spacial score (nSPS) is 22.1. The molecule has 0 unspecified atom stereocenters. The number of rotatable bonds is 3. The van der Waals surface area contributed by atoms with Gasteiger partial charge in [-0.1, -0.05) is 12.1 Å². The molecule has 15 heavy (non-hydrogen) atoms. The van der Waals surface area contributed by atoms with Crippen molar-refractivity contribution in [3.05, 3.63) is 29.8 Å².